The summed E-state index contributed by atoms with van der Waals surface area (Å²) in [7, 11) is 0. The van der Waals surface area contributed by atoms with Crippen LogP contribution in [0.2, 0.25) is 0 Å². The molecule has 1 aliphatic rings. The lowest BCUT2D eigenvalue weighted by molar-refractivity contribution is -0.0186. The van der Waals surface area contributed by atoms with Crippen LogP contribution in [0, 0.1) is 5.92 Å². The van der Waals surface area contributed by atoms with Crippen LogP contribution in [-0.2, 0) is 11.3 Å². The first-order valence-corrected chi connectivity index (χ1v) is 7.20. The normalized spacial score (nSPS) is 20.2. The highest BCUT2D eigenvalue weighted by Gasteiger charge is 2.23. The minimum absolute atomic E-state index is 0.342. The lowest BCUT2D eigenvalue weighted by Crippen LogP contribution is -2.45. The average Bonchev–Trinajstić information content (AvgIpc) is 2.41. The van der Waals surface area contributed by atoms with Crippen molar-refractivity contribution in [2.75, 3.05) is 19.8 Å². The van der Waals surface area contributed by atoms with Gasteiger partial charge < -0.3 is 9.84 Å². The summed E-state index contributed by atoms with van der Waals surface area (Å²) < 4.78 is 5.58. The van der Waals surface area contributed by atoms with Crippen molar-refractivity contribution in [3.8, 4) is 0 Å². The molecular weight excluding hydrogens is 254 g/mol. The molecule has 110 valence electrons. The van der Waals surface area contributed by atoms with Gasteiger partial charge in [-0.1, -0.05) is 26.0 Å². The van der Waals surface area contributed by atoms with Crippen LogP contribution < -0.4 is 0 Å². The second kappa shape index (κ2) is 6.86. The molecule has 1 N–H and O–H groups in total. The molecule has 0 saturated carbocycles. The van der Waals surface area contributed by atoms with Crippen LogP contribution >= 0.6 is 0 Å². The molecule has 4 heteroatoms. The summed E-state index contributed by atoms with van der Waals surface area (Å²) in [5, 5.41) is 8.91. The molecule has 1 unspecified atom stereocenters. The van der Waals surface area contributed by atoms with E-state index in [0.29, 0.717) is 17.5 Å². The van der Waals surface area contributed by atoms with Gasteiger partial charge in [-0.05, 0) is 30.0 Å². The fraction of sp³-hybridized carbons (Fsp3) is 0.562. The summed E-state index contributed by atoms with van der Waals surface area (Å²) in [6, 6.07) is 7.63. The van der Waals surface area contributed by atoms with Gasteiger partial charge in [0.15, 0.2) is 0 Å². The highest BCUT2D eigenvalue weighted by atomic mass is 16.5. The summed E-state index contributed by atoms with van der Waals surface area (Å²) >= 11 is 0. The smallest absolute Gasteiger partial charge is 0.335 e. The molecule has 0 amide bonds. The van der Waals surface area contributed by atoms with Gasteiger partial charge in [0.2, 0.25) is 0 Å². The Bertz CT molecular complexity index is 442. The summed E-state index contributed by atoms with van der Waals surface area (Å²) in [5.41, 5.74) is 1.50. The van der Waals surface area contributed by atoms with E-state index in [-0.39, 0.29) is 0 Å². The second-order valence-electron chi connectivity index (χ2n) is 5.83. The lowest BCUT2D eigenvalue weighted by atomic mass is 10.0. The maximum Gasteiger partial charge on any atom is 0.335 e. The van der Waals surface area contributed by atoms with E-state index in [0.717, 1.165) is 38.3 Å². The second-order valence-corrected chi connectivity index (χ2v) is 5.83. The van der Waals surface area contributed by atoms with E-state index in [2.05, 4.69) is 18.7 Å². The molecule has 1 fully saturated rings. The quantitative estimate of drug-likeness (QED) is 0.899. The monoisotopic (exact) mass is 277 g/mol. The van der Waals surface area contributed by atoms with Crippen molar-refractivity contribution in [2.45, 2.75) is 32.9 Å². The molecule has 1 aromatic rings. The van der Waals surface area contributed by atoms with Crippen molar-refractivity contribution in [1.29, 1.82) is 0 Å². The standard InChI is InChI=1S/C16H23NO3/c1-12(2)9-15-11-20-8-7-17(15)10-13-3-5-14(6-4-13)16(18)19/h3-6,12,15H,7-11H2,1-2H3,(H,18,19). The van der Waals surface area contributed by atoms with Gasteiger partial charge in [-0.2, -0.15) is 0 Å². The molecule has 20 heavy (non-hydrogen) atoms. The number of carboxylic acids is 1. The number of ether oxygens (including phenoxy) is 1. The van der Waals surface area contributed by atoms with Crippen molar-refractivity contribution in [1.82, 2.24) is 4.90 Å². The van der Waals surface area contributed by atoms with Crippen molar-refractivity contribution in [2.24, 2.45) is 5.92 Å². The Morgan fingerprint density at radius 2 is 2.10 bits per heavy atom. The molecule has 2 rings (SSSR count). The molecule has 0 aromatic heterocycles. The third-order valence-corrected chi connectivity index (χ3v) is 3.68. The number of benzene rings is 1. The van der Waals surface area contributed by atoms with Crippen LogP contribution in [0.1, 0.15) is 36.2 Å². The molecule has 1 atom stereocenters. The molecule has 1 aliphatic heterocycles. The highest BCUT2D eigenvalue weighted by molar-refractivity contribution is 5.87. The predicted octanol–water partition coefficient (Wildman–Crippen LogP) is 2.63. The molecule has 1 heterocycles. The van der Waals surface area contributed by atoms with Gasteiger partial charge in [0, 0.05) is 19.1 Å². The Morgan fingerprint density at radius 3 is 2.70 bits per heavy atom. The molecular formula is C16H23NO3. The van der Waals surface area contributed by atoms with E-state index >= 15 is 0 Å². The number of hydrogen-bond donors (Lipinski definition) is 1. The van der Waals surface area contributed by atoms with E-state index in [9.17, 15) is 4.79 Å². The molecule has 0 radical (unpaired) electrons. The van der Waals surface area contributed by atoms with Gasteiger partial charge in [-0.25, -0.2) is 4.79 Å². The van der Waals surface area contributed by atoms with E-state index in [1.165, 1.54) is 0 Å². The van der Waals surface area contributed by atoms with E-state index < -0.39 is 5.97 Å². The van der Waals surface area contributed by atoms with Crippen LogP contribution in [0.4, 0.5) is 0 Å². The lowest BCUT2D eigenvalue weighted by Gasteiger charge is -2.36. The Balaban J connectivity index is 2.00. The third-order valence-electron chi connectivity index (χ3n) is 3.68. The van der Waals surface area contributed by atoms with Crippen molar-refractivity contribution in [3.05, 3.63) is 35.4 Å². The Labute approximate surface area is 120 Å². The number of nitrogens with zero attached hydrogens (tertiary/aromatic N) is 1. The predicted molar refractivity (Wildman–Crippen MR) is 77.9 cm³/mol. The minimum atomic E-state index is -0.874. The number of rotatable bonds is 5. The van der Waals surface area contributed by atoms with E-state index in [4.69, 9.17) is 9.84 Å². The first kappa shape index (κ1) is 15.0. The number of aromatic carboxylic acids is 1. The van der Waals surface area contributed by atoms with Gasteiger partial charge in [0.05, 0.1) is 18.8 Å². The Hall–Kier alpha value is -1.39. The molecule has 0 aliphatic carbocycles. The number of morpholine rings is 1. The third kappa shape index (κ3) is 4.05. The first-order chi connectivity index (χ1) is 9.56. The zero-order chi connectivity index (χ0) is 14.5. The number of carboxylic acid groups (broad SMARTS) is 1. The van der Waals surface area contributed by atoms with Gasteiger partial charge >= 0.3 is 5.97 Å². The molecule has 0 bridgehead atoms. The van der Waals surface area contributed by atoms with Gasteiger partial charge in [-0.15, -0.1) is 0 Å². The van der Waals surface area contributed by atoms with Crippen LogP contribution in [-0.4, -0.2) is 41.8 Å². The number of carbonyl (C=O) groups is 1. The Kier molecular flexibility index (Phi) is 5.15. The molecule has 4 nitrogen and oxygen atoms in total. The summed E-state index contributed by atoms with van der Waals surface area (Å²) in [4.78, 5) is 13.3. The van der Waals surface area contributed by atoms with Crippen LogP contribution in [0.5, 0.6) is 0 Å². The topological polar surface area (TPSA) is 49.8 Å². The maximum absolute atomic E-state index is 10.8. The SMILES string of the molecule is CC(C)CC1COCCN1Cc1ccc(C(=O)O)cc1. The Morgan fingerprint density at radius 1 is 1.40 bits per heavy atom. The van der Waals surface area contributed by atoms with Crippen molar-refractivity contribution in [3.63, 3.8) is 0 Å². The van der Waals surface area contributed by atoms with Crippen LogP contribution in [0.3, 0.4) is 0 Å². The molecule has 1 aromatic carbocycles. The summed E-state index contributed by atoms with van der Waals surface area (Å²) in [5.74, 6) is -0.223. The van der Waals surface area contributed by atoms with Crippen molar-refractivity contribution < 1.29 is 14.6 Å². The minimum Gasteiger partial charge on any atom is -0.478 e. The van der Waals surface area contributed by atoms with Crippen molar-refractivity contribution >= 4 is 5.97 Å². The van der Waals surface area contributed by atoms with Gasteiger partial charge in [0.1, 0.15) is 0 Å². The van der Waals surface area contributed by atoms with Gasteiger partial charge in [0.25, 0.3) is 0 Å². The summed E-state index contributed by atoms with van der Waals surface area (Å²) in [6.45, 7) is 7.84. The zero-order valence-electron chi connectivity index (χ0n) is 12.2. The van der Waals surface area contributed by atoms with Crippen LogP contribution in [0.25, 0.3) is 0 Å². The number of hydrogen-bond acceptors (Lipinski definition) is 3. The fourth-order valence-electron chi connectivity index (χ4n) is 2.65. The van der Waals surface area contributed by atoms with Gasteiger partial charge in [-0.3, -0.25) is 4.90 Å². The van der Waals surface area contributed by atoms with E-state index in [1.54, 1.807) is 12.1 Å². The first-order valence-electron chi connectivity index (χ1n) is 7.20. The average molecular weight is 277 g/mol. The zero-order valence-corrected chi connectivity index (χ0v) is 12.2. The van der Waals surface area contributed by atoms with E-state index in [1.807, 2.05) is 12.1 Å². The molecule has 1 saturated heterocycles. The fourth-order valence-corrected chi connectivity index (χ4v) is 2.65. The summed E-state index contributed by atoms with van der Waals surface area (Å²) in [6.07, 6.45) is 1.13. The molecule has 0 spiro atoms. The highest BCUT2D eigenvalue weighted by Crippen LogP contribution is 2.18. The maximum atomic E-state index is 10.8. The van der Waals surface area contributed by atoms with Crippen LogP contribution in [0.15, 0.2) is 24.3 Å². The largest absolute Gasteiger partial charge is 0.478 e.